The molecule has 1 saturated heterocycles. The SMILES string of the molecule is COc1ccc2c(O[C@@H]3C[C@H]4C(=O)N[C@@]5(C(=O)NS(=O)(=O)c6ccccc6F)CC5/C=C\COc5cccc(c5)C[C@@H](NC(=O)OC5CCCC5)C(=O)N4C3)cc(-c3ccccc3)nc2c1. The maximum Gasteiger partial charge on any atom is 0.408 e. The second-order valence-electron chi connectivity index (χ2n) is 17.0. The first-order valence-corrected chi connectivity index (χ1v) is 23.4. The molecule has 9 rings (SSSR count). The Labute approximate surface area is 380 Å². The molecule has 3 heterocycles. The lowest BCUT2D eigenvalue weighted by Gasteiger charge is -2.30. The lowest BCUT2D eigenvalue weighted by atomic mass is 10.0. The van der Waals surface area contributed by atoms with Crippen LogP contribution in [0.4, 0.5) is 9.18 Å². The molecule has 4 aromatic carbocycles. The van der Waals surface area contributed by atoms with Crippen LogP contribution in [0.25, 0.3) is 22.2 Å². The van der Waals surface area contributed by atoms with Crippen LogP contribution < -0.4 is 29.6 Å². The molecule has 5 atom stereocenters. The predicted octanol–water partition coefficient (Wildman–Crippen LogP) is 6.01. The van der Waals surface area contributed by atoms with Crippen LogP contribution in [0, 0.1) is 11.7 Å². The molecule has 1 unspecified atom stereocenters. The van der Waals surface area contributed by atoms with E-state index in [0.717, 1.165) is 30.5 Å². The zero-order valence-corrected chi connectivity index (χ0v) is 36.8. The van der Waals surface area contributed by atoms with Gasteiger partial charge in [-0.05, 0) is 74.1 Å². The van der Waals surface area contributed by atoms with Crippen molar-refractivity contribution >= 4 is 44.7 Å². The molecule has 2 aliphatic carbocycles. The summed E-state index contributed by atoms with van der Waals surface area (Å²) < 4.78 is 67.6. The lowest BCUT2D eigenvalue weighted by Crippen LogP contribution is -2.58. The van der Waals surface area contributed by atoms with Crippen LogP contribution in [0.15, 0.2) is 120 Å². The molecule has 0 radical (unpaired) electrons. The molecular formula is C49H48FN5O10S. The van der Waals surface area contributed by atoms with Gasteiger partial charge in [0.1, 0.15) is 64.4 Å². The quantitative estimate of drug-likeness (QED) is 0.147. The van der Waals surface area contributed by atoms with Gasteiger partial charge in [0, 0.05) is 41.8 Å². The van der Waals surface area contributed by atoms with Gasteiger partial charge in [-0.3, -0.25) is 14.4 Å². The number of alkyl carbamates (subject to hydrolysis) is 1. The summed E-state index contributed by atoms with van der Waals surface area (Å²) in [6.07, 6.45) is 4.57. The minimum atomic E-state index is -4.74. The Kier molecular flexibility index (Phi) is 12.4. The van der Waals surface area contributed by atoms with Gasteiger partial charge in [0.25, 0.3) is 15.9 Å². The van der Waals surface area contributed by atoms with Gasteiger partial charge in [-0.2, -0.15) is 0 Å². The Bertz CT molecular complexity index is 2820. The topological polar surface area (TPSA) is 192 Å². The Hall–Kier alpha value is -7.01. The summed E-state index contributed by atoms with van der Waals surface area (Å²) in [7, 11) is -3.18. The van der Waals surface area contributed by atoms with Crippen LogP contribution in [0.3, 0.4) is 0 Å². The molecule has 2 bridgehead atoms. The van der Waals surface area contributed by atoms with E-state index < -0.39 is 74.2 Å². The average Bonchev–Trinajstić information content (AvgIpc) is 3.56. The number of nitrogens with zero attached hydrogens (tertiary/aromatic N) is 2. The molecule has 66 heavy (non-hydrogen) atoms. The first kappa shape index (κ1) is 44.2. The summed E-state index contributed by atoms with van der Waals surface area (Å²) in [6, 6.07) is 25.8. The van der Waals surface area contributed by atoms with Gasteiger partial charge >= 0.3 is 6.09 Å². The van der Waals surface area contributed by atoms with E-state index in [9.17, 15) is 27.2 Å². The molecule has 4 amide bonds. The number of fused-ring (bicyclic) bond motifs is 5. The third-order valence-electron chi connectivity index (χ3n) is 12.5. The van der Waals surface area contributed by atoms with E-state index in [1.807, 2.05) is 41.1 Å². The highest BCUT2D eigenvalue weighted by Crippen LogP contribution is 2.46. The molecule has 3 fully saturated rings. The molecule has 5 aromatic rings. The van der Waals surface area contributed by atoms with Gasteiger partial charge in [-0.15, -0.1) is 0 Å². The Balaban J connectivity index is 1.08. The average molecular weight is 918 g/mol. The van der Waals surface area contributed by atoms with Crippen molar-refractivity contribution in [3.05, 3.63) is 127 Å². The summed E-state index contributed by atoms with van der Waals surface area (Å²) in [5.74, 6) is -2.79. The van der Waals surface area contributed by atoms with Gasteiger partial charge in [-0.1, -0.05) is 66.7 Å². The number of hydrogen-bond donors (Lipinski definition) is 3. The second kappa shape index (κ2) is 18.5. The number of carbonyl (C=O) groups excluding carboxylic acids is 4. The van der Waals surface area contributed by atoms with Crippen molar-refractivity contribution in [2.75, 3.05) is 20.3 Å². The molecule has 2 saturated carbocycles. The molecule has 15 nitrogen and oxygen atoms in total. The molecule has 342 valence electrons. The summed E-state index contributed by atoms with van der Waals surface area (Å²) in [5.41, 5.74) is 0.844. The number of ether oxygens (including phenoxy) is 4. The van der Waals surface area contributed by atoms with Crippen molar-refractivity contribution in [1.29, 1.82) is 0 Å². The summed E-state index contributed by atoms with van der Waals surface area (Å²) in [5, 5.41) is 6.24. The number of sulfonamides is 1. The van der Waals surface area contributed by atoms with E-state index >= 15 is 4.79 Å². The van der Waals surface area contributed by atoms with Crippen LogP contribution in [0.5, 0.6) is 17.2 Å². The maximum atomic E-state index is 15.1. The van der Waals surface area contributed by atoms with Gasteiger partial charge < -0.3 is 34.5 Å². The summed E-state index contributed by atoms with van der Waals surface area (Å²) in [4.78, 5) is 63.1. The number of pyridine rings is 1. The first-order valence-electron chi connectivity index (χ1n) is 21.9. The highest BCUT2D eigenvalue weighted by molar-refractivity contribution is 7.90. The highest BCUT2D eigenvalue weighted by atomic mass is 32.2. The van der Waals surface area contributed by atoms with Gasteiger partial charge in [0.05, 0.1) is 24.9 Å². The maximum absolute atomic E-state index is 15.1. The van der Waals surface area contributed by atoms with Crippen molar-refractivity contribution in [2.24, 2.45) is 5.92 Å². The standard InChI is InChI=1S/C49H48FN5O10S/c1-62-34-20-21-37-40(25-34)51-39(31-12-3-2-4-13-31)27-43(37)64-36-26-42-45(56)53-49(47(58)54-66(60,61)44-19-8-7-18-38(44)50)28-32(49)14-10-22-63-35-17-9-11-30(23-35)24-41(46(57)55(42)29-36)52-48(59)65-33-15-5-6-16-33/h2-4,7-14,17-21,23,25,27,32-33,36,41-42H,5-6,15-16,22,24,26,28-29H2,1H3,(H,52,59)(H,53,56)(H,54,58)/b14-10-/t32?,36-,41-,42+,49+/m1/s1. The fourth-order valence-corrected chi connectivity index (χ4v) is 10.1. The molecule has 1 aromatic heterocycles. The van der Waals surface area contributed by atoms with Crippen LogP contribution in [-0.4, -0.2) is 92.2 Å². The Morgan fingerprint density at radius 3 is 2.52 bits per heavy atom. The van der Waals surface area contributed by atoms with Gasteiger partial charge in [-0.25, -0.2) is 27.3 Å². The summed E-state index contributed by atoms with van der Waals surface area (Å²) >= 11 is 0. The number of hydrogen-bond acceptors (Lipinski definition) is 11. The zero-order chi connectivity index (χ0) is 46.0. The first-order chi connectivity index (χ1) is 31.9. The zero-order valence-electron chi connectivity index (χ0n) is 36.0. The minimum absolute atomic E-state index is 0.00157. The van der Waals surface area contributed by atoms with Crippen LogP contribution >= 0.6 is 0 Å². The van der Waals surface area contributed by atoms with Crippen molar-refractivity contribution in [2.45, 2.75) is 79.7 Å². The smallest absolute Gasteiger partial charge is 0.408 e. The fourth-order valence-electron chi connectivity index (χ4n) is 9.02. The van der Waals surface area contributed by atoms with E-state index in [2.05, 4.69) is 10.6 Å². The van der Waals surface area contributed by atoms with Crippen molar-refractivity contribution in [3.8, 4) is 28.5 Å². The van der Waals surface area contributed by atoms with Crippen molar-refractivity contribution in [3.63, 3.8) is 0 Å². The van der Waals surface area contributed by atoms with Crippen LogP contribution in [-0.2, 0) is 35.6 Å². The number of rotatable bonds is 9. The number of amides is 4. The Morgan fingerprint density at radius 2 is 1.73 bits per heavy atom. The monoisotopic (exact) mass is 917 g/mol. The molecule has 0 spiro atoms. The van der Waals surface area contributed by atoms with E-state index in [1.54, 1.807) is 61.7 Å². The normalized spacial score (nSPS) is 23.7. The van der Waals surface area contributed by atoms with E-state index in [1.165, 1.54) is 17.0 Å². The number of nitrogens with one attached hydrogen (secondary N) is 3. The third kappa shape index (κ3) is 9.38. The van der Waals surface area contributed by atoms with E-state index in [0.29, 0.717) is 52.3 Å². The molecule has 2 aliphatic heterocycles. The third-order valence-corrected chi connectivity index (χ3v) is 13.9. The molecule has 4 aliphatic rings. The van der Waals surface area contributed by atoms with Crippen molar-refractivity contribution < 1.29 is 50.9 Å². The van der Waals surface area contributed by atoms with E-state index in [-0.39, 0.29) is 38.5 Å². The van der Waals surface area contributed by atoms with Gasteiger partial charge in [0.15, 0.2) is 0 Å². The molecule has 3 N–H and O–H groups in total. The number of aromatic nitrogens is 1. The highest BCUT2D eigenvalue weighted by Gasteiger charge is 2.62. The van der Waals surface area contributed by atoms with E-state index in [4.69, 9.17) is 23.9 Å². The molecule has 17 heteroatoms. The van der Waals surface area contributed by atoms with Crippen LogP contribution in [0.1, 0.15) is 44.1 Å². The largest absolute Gasteiger partial charge is 0.497 e. The number of halogens is 1. The lowest BCUT2D eigenvalue weighted by molar-refractivity contribution is -0.141. The predicted molar refractivity (Wildman–Crippen MR) is 239 cm³/mol. The molecular weight excluding hydrogens is 870 g/mol. The minimum Gasteiger partial charge on any atom is -0.497 e. The Morgan fingerprint density at radius 1 is 0.939 bits per heavy atom. The van der Waals surface area contributed by atoms with Crippen LogP contribution in [0.2, 0.25) is 0 Å². The number of methoxy groups -OCH3 is 1. The second-order valence-corrected chi connectivity index (χ2v) is 18.6. The summed E-state index contributed by atoms with van der Waals surface area (Å²) in [6.45, 7) is -0.0773. The number of benzene rings is 4. The fraction of sp³-hybridized carbons (Fsp3) is 0.327. The number of carbonyl (C=O) groups is 4. The van der Waals surface area contributed by atoms with Gasteiger partial charge in [0.2, 0.25) is 11.8 Å². The van der Waals surface area contributed by atoms with Crippen molar-refractivity contribution in [1.82, 2.24) is 25.2 Å².